The van der Waals surface area contributed by atoms with Crippen LogP contribution in [0.2, 0.25) is 5.02 Å². The molecule has 154 valence electrons. The molecule has 1 N–H and O–H groups in total. The van der Waals surface area contributed by atoms with Crippen LogP contribution in [-0.4, -0.2) is 33.2 Å². The third-order valence-corrected chi connectivity index (χ3v) is 6.49. The van der Waals surface area contributed by atoms with Gasteiger partial charge in [-0.25, -0.2) is 9.67 Å². The zero-order valence-electron chi connectivity index (χ0n) is 16.1. The first-order chi connectivity index (χ1) is 14.5. The van der Waals surface area contributed by atoms with Gasteiger partial charge in [0.25, 0.3) is 5.91 Å². The van der Waals surface area contributed by atoms with E-state index in [0.29, 0.717) is 27.3 Å². The van der Waals surface area contributed by atoms with Crippen LogP contribution in [0.4, 0.5) is 5.13 Å². The number of ether oxygens (including phenoxy) is 1. The highest BCUT2D eigenvalue weighted by Crippen LogP contribution is 2.33. The molecule has 0 saturated heterocycles. The first-order valence-electron chi connectivity index (χ1n) is 9.11. The summed E-state index contributed by atoms with van der Waals surface area (Å²) in [5.41, 5.74) is 2.14. The lowest BCUT2D eigenvalue weighted by Crippen LogP contribution is -2.11. The summed E-state index contributed by atoms with van der Waals surface area (Å²) < 4.78 is 6.68. The second-order valence-corrected chi connectivity index (χ2v) is 8.65. The molecule has 4 aromatic rings. The number of esters is 1. The maximum Gasteiger partial charge on any atom is 0.311 e. The SMILES string of the molecule is CCOC(=O)Cc1csc(NC(=O)c2cc3c(C)nn(-c4ccccc4Cl)c3s2)n1. The molecule has 0 bridgehead atoms. The van der Waals surface area contributed by atoms with Gasteiger partial charge in [0.15, 0.2) is 5.13 Å². The zero-order valence-corrected chi connectivity index (χ0v) is 18.5. The van der Waals surface area contributed by atoms with E-state index in [9.17, 15) is 9.59 Å². The van der Waals surface area contributed by atoms with Gasteiger partial charge in [0, 0.05) is 10.8 Å². The number of hydrogen-bond donors (Lipinski definition) is 1. The highest BCUT2D eigenvalue weighted by atomic mass is 35.5. The summed E-state index contributed by atoms with van der Waals surface area (Å²) in [6.45, 7) is 3.97. The minimum Gasteiger partial charge on any atom is -0.466 e. The maximum absolute atomic E-state index is 12.8. The lowest BCUT2D eigenvalue weighted by molar-refractivity contribution is -0.142. The van der Waals surface area contributed by atoms with Crippen molar-refractivity contribution in [3.63, 3.8) is 0 Å². The minimum absolute atomic E-state index is 0.0793. The number of thiophene rings is 1. The van der Waals surface area contributed by atoms with Gasteiger partial charge < -0.3 is 4.74 Å². The number of hydrogen-bond acceptors (Lipinski definition) is 7. The standard InChI is InChI=1S/C20H17ClN4O3S2/c1-3-28-17(26)8-12-10-29-20(22-12)23-18(27)16-9-13-11(2)24-25(19(13)30-16)15-7-5-4-6-14(15)21/h4-7,9-10H,3,8H2,1-2H3,(H,22,23,27). The number of anilines is 1. The highest BCUT2D eigenvalue weighted by molar-refractivity contribution is 7.20. The van der Waals surface area contributed by atoms with Crippen molar-refractivity contribution in [2.24, 2.45) is 0 Å². The number of para-hydroxylation sites is 1. The number of benzene rings is 1. The fourth-order valence-electron chi connectivity index (χ4n) is 2.91. The van der Waals surface area contributed by atoms with Gasteiger partial charge in [-0.3, -0.25) is 14.9 Å². The van der Waals surface area contributed by atoms with Crippen LogP contribution in [0.3, 0.4) is 0 Å². The molecule has 0 spiro atoms. The largest absolute Gasteiger partial charge is 0.466 e. The predicted octanol–water partition coefficient (Wildman–Crippen LogP) is 4.86. The summed E-state index contributed by atoms with van der Waals surface area (Å²) in [7, 11) is 0. The van der Waals surface area contributed by atoms with Crippen LogP contribution in [0.1, 0.15) is 28.0 Å². The molecular formula is C20H17ClN4O3S2. The van der Waals surface area contributed by atoms with E-state index < -0.39 is 0 Å². The van der Waals surface area contributed by atoms with Crippen LogP contribution in [-0.2, 0) is 16.0 Å². The van der Waals surface area contributed by atoms with Crippen molar-refractivity contribution in [2.75, 3.05) is 11.9 Å². The molecule has 0 unspecified atom stereocenters. The Morgan fingerprint density at radius 3 is 2.87 bits per heavy atom. The van der Waals surface area contributed by atoms with Crippen LogP contribution in [0.15, 0.2) is 35.7 Å². The van der Waals surface area contributed by atoms with Gasteiger partial charge >= 0.3 is 5.97 Å². The van der Waals surface area contributed by atoms with E-state index >= 15 is 0 Å². The maximum atomic E-state index is 12.8. The van der Waals surface area contributed by atoms with Crippen molar-refractivity contribution in [2.45, 2.75) is 20.3 Å². The Bertz CT molecular complexity index is 1240. The molecule has 0 saturated carbocycles. The van der Waals surface area contributed by atoms with Gasteiger partial charge in [0.2, 0.25) is 0 Å². The lowest BCUT2D eigenvalue weighted by Gasteiger charge is -2.04. The Labute approximate surface area is 185 Å². The summed E-state index contributed by atoms with van der Waals surface area (Å²) in [5, 5.41) is 11.0. The van der Waals surface area contributed by atoms with Crippen molar-refractivity contribution in [3.8, 4) is 5.69 Å². The Morgan fingerprint density at radius 2 is 2.10 bits per heavy atom. The van der Waals surface area contributed by atoms with Gasteiger partial charge in [0.1, 0.15) is 4.83 Å². The van der Waals surface area contributed by atoms with E-state index in [0.717, 1.165) is 21.6 Å². The van der Waals surface area contributed by atoms with E-state index in [4.69, 9.17) is 16.3 Å². The number of aryl methyl sites for hydroxylation is 1. The fraction of sp³-hybridized carbons (Fsp3) is 0.200. The van der Waals surface area contributed by atoms with Gasteiger partial charge in [-0.2, -0.15) is 5.10 Å². The predicted molar refractivity (Wildman–Crippen MR) is 119 cm³/mol. The smallest absolute Gasteiger partial charge is 0.311 e. The molecule has 7 nitrogen and oxygen atoms in total. The summed E-state index contributed by atoms with van der Waals surface area (Å²) in [4.78, 5) is 30.0. The van der Waals surface area contributed by atoms with Crippen LogP contribution < -0.4 is 5.32 Å². The molecule has 0 aliphatic rings. The molecule has 0 aliphatic carbocycles. The number of thiazole rings is 1. The molecule has 0 radical (unpaired) electrons. The summed E-state index contributed by atoms with van der Waals surface area (Å²) in [5.74, 6) is -0.608. The minimum atomic E-state index is -0.343. The lowest BCUT2D eigenvalue weighted by atomic mass is 10.3. The monoisotopic (exact) mass is 460 g/mol. The molecule has 3 heterocycles. The second-order valence-electron chi connectivity index (χ2n) is 6.36. The van der Waals surface area contributed by atoms with Gasteiger partial charge in [-0.15, -0.1) is 22.7 Å². The molecule has 1 aromatic carbocycles. The topological polar surface area (TPSA) is 86.1 Å². The number of halogens is 1. The van der Waals surface area contributed by atoms with Crippen LogP contribution >= 0.6 is 34.3 Å². The van der Waals surface area contributed by atoms with E-state index in [-0.39, 0.29) is 18.3 Å². The van der Waals surface area contributed by atoms with Crippen molar-refractivity contribution in [3.05, 3.63) is 57.0 Å². The average Bonchev–Trinajstić information content (AvgIpc) is 3.40. The van der Waals surface area contributed by atoms with Crippen LogP contribution in [0.5, 0.6) is 0 Å². The number of carbonyl (C=O) groups excluding carboxylic acids is 2. The molecule has 10 heteroatoms. The van der Waals surface area contributed by atoms with Gasteiger partial charge in [-0.05, 0) is 32.0 Å². The summed E-state index contributed by atoms with van der Waals surface area (Å²) in [6, 6.07) is 9.25. The molecule has 4 rings (SSSR count). The van der Waals surface area contributed by atoms with Gasteiger partial charge in [0.05, 0.1) is 40.0 Å². The number of rotatable bonds is 6. The quantitative estimate of drug-likeness (QED) is 0.415. The fourth-order valence-corrected chi connectivity index (χ4v) is 4.90. The Balaban J connectivity index is 1.56. The zero-order chi connectivity index (χ0) is 21.3. The number of aromatic nitrogens is 3. The van der Waals surface area contributed by atoms with E-state index in [2.05, 4.69) is 15.4 Å². The number of nitrogens with one attached hydrogen (secondary N) is 1. The number of carbonyl (C=O) groups is 2. The number of amides is 1. The Kier molecular flexibility index (Phi) is 5.85. The normalized spacial score (nSPS) is 11.0. The van der Waals surface area contributed by atoms with Gasteiger partial charge in [-0.1, -0.05) is 23.7 Å². The Hall–Kier alpha value is -2.75. The Morgan fingerprint density at radius 1 is 1.30 bits per heavy atom. The number of nitrogens with zero attached hydrogens (tertiary/aromatic N) is 3. The molecule has 30 heavy (non-hydrogen) atoms. The summed E-state index contributed by atoms with van der Waals surface area (Å²) in [6.07, 6.45) is 0.0793. The molecular weight excluding hydrogens is 444 g/mol. The van der Waals surface area contributed by atoms with Crippen molar-refractivity contribution in [1.82, 2.24) is 14.8 Å². The average molecular weight is 461 g/mol. The van der Waals surface area contributed by atoms with Crippen LogP contribution in [0.25, 0.3) is 15.9 Å². The summed E-state index contributed by atoms with van der Waals surface area (Å²) >= 11 is 8.93. The molecule has 1 amide bonds. The molecule has 3 aromatic heterocycles. The molecule has 0 fully saturated rings. The molecule has 0 atom stereocenters. The van der Waals surface area contributed by atoms with Crippen molar-refractivity contribution in [1.29, 1.82) is 0 Å². The van der Waals surface area contributed by atoms with E-state index in [1.54, 1.807) is 23.1 Å². The van der Waals surface area contributed by atoms with E-state index in [1.165, 1.54) is 22.7 Å². The highest BCUT2D eigenvalue weighted by Gasteiger charge is 2.19. The third kappa shape index (κ3) is 4.09. The van der Waals surface area contributed by atoms with Crippen molar-refractivity contribution >= 4 is 61.5 Å². The van der Waals surface area contributed by atoms with E-state index in [1.807, 2.05) is 31.2 Å². The number of fused-ring (bicyclic) bond motifs is 1. The second kappa shape index (κ2) is 8.55. The first-order valence-corrected chi connectivity index (χ1v) is 11.2. The third-order valence-electron chi connectivity index (χ3n) is 4.25. The molecule has 0 aliphatic heterocycles. The van der Waals surface area contributed by atoms with Crippen molar-refractivity contribution < 1.29 is 14.3 Å². The van der Waals surface area contributed by atoms with Crippen LogP contribution in [0, 0.1) is 6.92 Å². The first kappa shape index (κ1) is 20.5.